The molecular formula is C18H23F3N4O. The van der Waals surface area contributed by atoms with Gasteiger partial charge in [0.05, 0.1) is 24.1 Å². The first-order chi connectivity index (χ1) is 12.2. The zero-order valence-electron chi connectivity index (χ0n) is 15.0. The topological polar surface area (TPSA) is 50.2 Å². The molecule has 2 aromatic rings. The number of rotatable bonds is 6. The molecule has 0 aliphatic carbocycles. The van der Waals surface area contributed by atoms with Crippen molar-refractivity contribution >= 4 is 6.03 Å². The molecule has 0 aliphatic heterocycles. The molecule has 0 aliphatic rings. The SMILES string of the molecule is CC(C)Cn1cncc1CNC(=O)N(C)Cc1cccc(C(F)(F)F)c1. The summed E-state index contributed by atoms with van der Waals surface area (Å²) in [4.78, 5) is 17.7. The number of imidazole rings is 1. The summed E-state index contributed by atoms with van der Waals surface area (Å²) in [5, 5.41) is 2.77. The number of benzene rings is 1. The number of aromatic nitrogens is 2. The van der Waals surface area contributed by atoms with Crippen molar-refractivity contribution < 1.29 is 18.0 Å². The zero-order chi connectivity index (χ0) is 19.3. The van der Waals surface area contributed by atoms with Crippen molar-refractivity contribution in [3.05, 3.63) is 53.6 Å². The van der Waals surface area contributed by atoms with Crippen LogP contribution in [0.15, 0.2) is 36.8 Å². The Hall–Kier alpha value is -2.51. The van der Waals surface area contributed by atoms with Crippen LogP contribution in [0.2, 0.25) is 0 Å². The number of hydrogen-bond donors (Lipinski definition) is 1. The molecule has 1 N–H and O–H groups in total. The van der Waals surface area contributed by atoms with Crippen LogP contribution >= 0.6 is 0 Å². The largest absolute Gasteiger partial charge is 0.416 e. The van der Waals surface area contributed by atoms with Gasteiger partial charge in [-0.3, -0.25) is 0 Å². The van der Waals surface area contributed by atoms with Crippen molar-refractivity contribution in [3.63, 3.8) is 0 Å². The van der Waals surface area contributed by atoms with Crippen molar-refractivity contribution in [1.29, 1.82) is 0 Å². The van der Waals surface area contributed by atoms with Crippen LogP contribution < -0.4 is 5.32 Å². The van der Waals surface area contributed by atoms with Crippen molar-refractivity contribution in [2.24, 2.45) is 5.92 Å². The third-order valence-electron chi connectivity index (χ3n) is 3.80. The van der Waals surface area contributed by atoms with E-state index >= 15 is 0 Å². The van der Waals surface area contributed by atoms with Gasteiger partial charge in [0.15, 0.2) is 0 Å². The molecular weight excluding hydrogens is 345 g/mol. The highest BCUT2D eigenvalue weighted by atomic mass is 19.4. The zero-order valence-corrected chi connectivity index (χ0v) is 15.0. The minimum absolute atomic E-state index is 0.0843. The minimum Gasteiger partial charge on any atom is -0.333 e. The molecule has 0 unspecified atom stereocenters. The highest BCUT2D eigenvalue weighted by Crippen LogP contribution is 2.29. The highest BCUT2D eigenvalue weighted by Gasteiger charge is 2.30. The molecule has 1 aromatic heterocycles. The van der Waals surface area contributed by atoms with E-state index in [0.717, 1.165) is 24.4 Å². The summed E-state index contributed by atoms with van der Waals surface area (Å²) in [6.45, 7) is 5.36. The first kappa shape index (κ1) is 19.8. The van der Waals surface area contributed by atoms with Crippen LogP contribution in [0.1, 0.15) is 30.7 Å². The fraction of sp³-hybridized carbons (Fsp3) is 0.444. The van der Waals surface area contributed by atoms with Crippen LogP contribution in [0, 0.1) is 5.92 Å². The second-order valence-electron chi connectivity index (χ2n) is 6.64. The molecule has 8 heteroatoms. The van der Waals surface area contributed by atoms with Gasteiger partial charge >= 0.3 is 12.2 Å². The van der Waals surface area contributed by atoms with E-state index in [2.05, 4.69) is 24.1 Å². The Kier molecular flexibility index (Phi) is 6.28. The number of urea groups is 1. The minimum atomic E-state index is -4.40. The van der Waals surface area contributed by atoms with Crippen molar-refractivity contribution in [1.82, 2.24) is 19.8 Å². The van der Waals surface area contributed by atoms with Crippen LogP contribution in [0.5, 0.6) is 0 Å². The molecule has 2 amide bonds. The lowest BCUT2D eigenvalue weighted by Crippen LogP contribution is -2.36. The Bertz CT molecular complexity index is 740. The predicted octanol–water partition coefficient (Wildman–Crippen LogP) is 3.90. The monoisotopic (exact) mass is 368 g/mol. The Labute approximate surface area is 150 Å². The maximum Gasteiger partial charge on any atom is 0.416 e. The molecule has 0 saturated heterocycles. The van der Waals surface area contributed by atoms with E-state index < -0.39 is 11.7 Å². The average molecular weight is 368 g/mol. The summed E-state index contributed by atoms with van der Waals surface area (Å²) >= 11 is 0. The van der Waals surface area contributed by atoms with Gasteiger partial charge in [0.2, 0.25) is 0 Å². The van der Waals surface area contributed by atoms with Gasteiger partial charge in [-0.1, -0.05) is 26.0 Å². The Morgan fingerprint density at radius 1 is 1.35 bits per heavy atom. The van der Waals surface area contributed by atoms with Crippen molar-refractivity contribution in [2.45, 2.75) is 39.7 Å². The average Bonchev–Trinajstić information content (AvgIpc) is 2.98. The summed E-state index contributed by atoms with van der Waals surface area (Å²) in [6.07, 6.45) is -0.991. The molecule has 0 spiro atoms. The summed E-state index contributed by atoms with van der Waals surface area (Å²) in [6, 6.07) is 4.62. The summed E-state index contributed by atoms with van der Waals surface area (Å²) in [7, 11) is 1.54. The van der Waals surface area contributed by atoms with Gasteiger partial charge in [-0.2, -0.15) is 13.2 Å². The van der Waals surface area contributed by atoms with Gasteiger partial charge in [0.25, 0.3) is 0 Å². The van der Waals surface area contributed by atoms with E-state index in [0.29, 0.717) is 18.0 Å². The third-order valence-corrected chi connectivity index (χ3v) is 3.80. The molecule has 5 nitrogen and oxygen atoms in total. The quantitative estimate of drug-likeness (QED) is 0.841. The second kappa shape index (κ2) is 8.25. The standard InChI is InChI=1S/C18H23F3N4O/c1-13(2)10-25-12-22-8-16(25)9-23-17(26)24(3)11-14-5-4-6-15(7-14)18(19,20)21/h4-8,12-13H,9-11H2,1-3H3,(H,23,26). The first-order valence-electron chi connectivity index (χ1n) is 8.31. The number of halogens is 3. The van der Waals surface area contributed by atoms with Crippen LogP contribution in [0.3, 0.4) is 0 Å². The summed E-state index contributed by atoms with van der Waals surface area (Å²) in [5.74, 6) is 0.447. The molecule has 0 bridgehead atoms. The fourth-order valence-electron chi connectivity index (χ4n) is 2.55. The number of amides is 2. The van der Waals surface area contributed by atoms with E-state index in [4.69, 9.17) is 0 Å². The van der Waals surface area contributed by atoms with Gasteiger partial charge in [-0.05, 0) is 23.6 Å². The number of hydrogen-bond acceptors (Lipinski definition) is 2. The molecule has 0 fully saturated rings. The number of carbonyl (C=O) groups is 1. The summed E-state index contributed by atoms with van der Waals surface area (Å²) < 4.78 is 40.3. The molecule has 0 radical (unpaired) electrons. The van der Waals surface area contributed by atoms with Crippen LogP contribution in [0.25, 0.3) is 0 Å². The second-order valence-corrected chi connectivity index (χ2v) is 6.64. The van der Waals surface area contributed by atoms with E-state index in [1.54, 1.807) is 25.6 Å². The normalized spacial score (nSPS) is 11.7. The Balaban J connectivity index is 1.93. The number of nitrogens with one attached hydrogen (secondary N) is 1. The maximum atomic E-state index is 12.8. The molecule has 142 valence electrons. The Morgan fingerprint density at radius 2 is 2.08 bits per heavy atom. The third kappa shape index (κ3) is 5.50. The van der Waals surface area contributed by atoms with Gasteiger partial charge in [-0.15, -0.1) is 0 Å². The van der Waals surface area contributed by atoms with Crippen molar-refractivity contribution in [3.8, 4) is 0 Å². The molecule has 0 atom stereocenters. The van der Waals surface area contributed by atoms with E-state index in [1.807, 2.05) is 4.57 Å². The Morgan fingerprint density at radius 3 is 2.73 bits per heavy atom. The van der Waals surface area contributed by atoms with Crippen LogP contribution in [0.4, 0.5) is 18.0 Å². The predicted molar refractivity (Wildman–Crippen MR) is 92.2 cm³/mol. The van der Waals surface area contributed by atoms with Crippen LogP contribution in [-0.2, 0) is 25.8 Å². The van der Waals surface area contributed by atoms with E-state index in [1.165, 1.54) is 11.0 Å². The maximum absolute atomic E-state index is 12.8. The van der Waals surface area contributed by atoms with Gasteiger partial charge in [0, 0.05) is 26.3 Å². The van der Waals surface area contributed by atoms with Gasteiger partial charge in [-0.25, -0.2) is 9.78 Å². The number of carbonyl (C=O) groups excluding carboxylic acids is 1. The number of nitrogens with zero attached hydrogens (tertiary/aromatic N) is 3. The highest BCUT2D eigenvalue weighted by molar-refractivity contribution is 5.73. The molecule has 1 heterocycles. The number of alkyl halides is 3. The van der Waals surface area contributed by atoms with Crippen molar-refractivity contribution in [2.75, 3.05) is 7.05 Å². The van der Waals surface area contributed by atoms with E-state index in [-0.39, 0.29) is 12.6 Å². The lowest BCUT2D eigenvalue weighted by Gasteiger charge is -2.19. The summed E-state index contributed by atoms with van der Waals surface area (Å²) in [5.41, 5.74) is 0.572. The molecule has 1 aromatic carbocycles. The van der Waals surface area contributed by atoms with E-state index in [9.17, 15) is 18.0 Å². The van der Waals surface area contributed by atoms with Crippen LogP contribution in [-0.4, -0.2) is 27.5 Å². The molecule has 2 rings (SSSR count). The lowest BCUT2D eigenvalue weighted by atomic mass is 10.1. The van der Waals surface area contributed by atoms with Gasteiger partial charge < -0.3 is 14.8 Å². The fourth-order valence-corrected chi connectivity index (χ4v) is 2.55. The molecule has 0 saturated carbocycles. The smallest absolute Gasteiger partial charge is 0.333 e. The van der Waals surface area contributed by atoms with Gasteiger partial charge in [0.1, 0.15) is 0 Å². The molecule has 26 heavy (non-hydrogen) atoms. The first-order valence-corrected chi connectivity index (χ1v) is 8.31. The lowest BCUT2D eigenvalue weighted by molar-refractivity contribution is -0.137.